The van der Waals surface area contributed by atoms with Crippen LogP contribution in [0, 0.1) is 0 Å². The number of hydrogen-bond acceptors (Lipinski definition) is 4. The van der Waals surface area contributed by atoms with Crippen molar-refractivity contribution in [1.82, 2.24) is 0 Å². The van der Waals surface area contributed by atoms with Gasteiger partial charge >= 0.3 is 0 Å². The van der Waals surface area contributed by atoms with Crippen LogP contribution in [-0.2, 0) is 0 Å². The molecule has 0 bridgehead atoms. The highest BCUT2D eigenvalue weighted by Crippen LogP contribution is 2.10. The first kappa shape index (κ1) is 16.8. The lowest BCUT2D eigenvalue weighted by atomic mass is 9.98. The third-order valence-corrected chi connectivity index (χ3v) is 3.26. The van der Waals surface area contributed by atoms with E-state index in [9.17, 15) is 0 Å². The Morgan fingerprint density at radius 3 is 1.53 bits per heavy atom. The Balaban J connectivity index is 3.48. The van der Waals surface area contributed by atoms with Crippen molar-refractivity contribution in [2.45, 2.75) is 76.4 Å². The molecular weight excluding hydrogens is 212 g/mol. The van der Waals surface area contributed by atoms with Crippen molar-refractivity contribution in [1.29, 1.82) is 0 Å². The monoisotopic (exact) mass is 244 g/mol. The van der Waals surface area contributed by atoms with E-state index in [4.69, 9.17) is 22.9 Å². The second-order valence-electron chi connectivity index (χ2n) is 5.15. The van der Waals surface area contributed by atoms with Gasteiger partial charge in [0.05, 0.1) is 0 Å². The minimum absolute atomic E-state index is 0.252. The van der Waals surface area contributed by atoms with Crippen molar-refractivity contribution in [2.24, 2.45) is 22.9 Å². The minimum Gasteiger partial charge on any atom is -0.330 e. The molecule has 0 rings (SSSR count). The van der Waals surface area contributed by atoms with Crippen LogP contribution in [0.15, 0.2) is 0 Å². The fourth-order valence-electron chi connectivity index (χ4n) is 2.04. The van der Waals surface area contributed by atoms with Crippen LogP contribution < -0.4 is 22.9 Å². The van der Waals surface area contributed by atoms with Crippen LogP contribution in [0.3, 0.4) is 0 Å². The van der Waals surface area contributed by atoms with Gasteiger partial charge in [-0.05, 0) is 51.5 Å². The van der Waals surface area contributed by atoms with Gasteiger partial charge in [0.1, 0.15) is 0 Å². The maximum Gasteiger partial charge on any atom is 0.00399 e. The van der Waals surface area contributed by atoms with Gasteiger partial charge in [0.25, 0.3) is 0 Å². The predicted molar refractivity (Wildman–Crippen MR) is 75.6 cm³/mol. The van der Waals surface area contributed by atoms with E-state index in [1.807, 2.05) is 0 Å². The SMILES string of the molecule is CCCC(N)CCC(N)CCC(N)CCCN. The van der Waals surface area contributed by atoms with Gasteiger partial charge in [0, 0.05) is 18.1 Å². The summed E-state index contributed by atoms with van der Waals surface area (Å²) in [5.74, 6) is 0. The smallest absolute Gasteiger partial charge is 0.00399 e. The van der Waals surface area contributed by atoms with Gasteiger partial charge < -0.3 is 22.9 Å². The Labute approximate surface area is 106 Å². The van der Waals surface area contributed by atoms with Gasteiger partial charge in [-0.15, -0.1) is 0 Å². The molecule has 0 aromatic heterocycles. The quantitative estimate of drug-likeness (QED) is 0.436. The van der Waals surface area contributed by atoms with Gasteiger partial charge in [-0.1, -0.05) is 13.3 Å². The van der Waals surface area contributed by atoms with Crippen molar-refractivity contribution in [3.63, 3.8) is 0 Å². The van der Waals surface area contributed by atoms with Crippen LogP contribution in [0.2, 0.25) is 0 Å². The molecule has 8 N–H and O–H groups in total. The van der Waals surface area contributed by atoms with Gasteiger partial charge in [0.2, 0.25) is 0 Å². The maximum atomic E-state index is 6.06. The molecule has 4 heteroatoms. The minimum atomic E-state index is 0.252. The summed E-state index contributed by atoms with van der Waals surface area (Å²) in [4.78, 5) is 0. The molecule has 17 heavy (non-hydrogen) atoms. The molecule has 0 fully saturated rings. The number of rotatable bonds is 11. The molecule has 0 aliphatic heterocycles. The highest BCUT2D eigenvalue weighted by atomic mass is 14.7. The summed E-state index contributed by atoms with van der Waals surface area (Å²) in [6, 6.07) is 0.827. The fraction of sp³-hybridized carbons (Fsp3) is 1.00. The normalized spacial score (nSPS) is 16.8. The lowest BCUT2D eigenvalue weighted by Crippen LogP contribution is -2.29. The van der Waals surface area contributed by atoms with Crippen molar-refractivity contribution < 1.29 is 0 Å². The molecule has 0 aliphatic carbocycles. The highest BCUT2D eigenvalue weighted by molar-refractivity contribution is 4.71. The summed E-state index contributed by atoms with van der Waals surface area (Å²) in [6.07, 6.45) is 8.34. The van der Waals surface area contributed by atoms with E-state index in [1.165, 1.54) is 0 Å². The van der Waals surface area contributed by atoms with Gasteiger partial charge in [-0.2, -0.15) is 0 Å². The lowest BCUT2D eigenvalue weighted by molar-refractivity contribution is 0.442. The van der Waals surface area contributed by atoms with E-state index in [0.717, 1.165) is 57.9 Å². The second-order valence-corrected chi connectivity index (χ2v) is 5.15. The predicted octanol–water partition coefficient (Wildman–Crippen LogP) is 1.07. The summed E-state index contributed by atoms with van der Waals surface area (Å²) >= 11 is 0. The Morgan fingerprint density at radius 2 is 1.12 bits per heavy atom. The molecule has 3 atom stereocenters. The van der Waals surface area contributed by atoms with Crippen molar-refractivity contribution >= 4 is 0 Å². The van der Waals surface area contributed by atoms with Crippen LogP contribution in [-0.4, -0.2) is 24.7 Å². The molecule has 104 valence electrons. The first-order valence-electron chi connectivity index (χ1n) is 7.06. The zero-order valence-electron chi connectivity index (χ0n) is 11.4. The molecule has 0 amide bonds. The molecule has 0 heterocycles. The molecule has 0 spiro atoms. The molecule has 0 saturated carbocycles. The Morgan fingerprint density at radius 1 is 0.706 bits per heavy atom. The summed E-state index contributed by atoms with van der Waals surface area (Å²) in [5, 5.41) is 0. The van der Waals surface area contributed by atoms with E-state index in [0.29, 0.717) is 6.04 Å². The molecule has 4 nitrogen and oxygen atoms in total. The van der Waals surface area contributed by atoms with Crippen molar-refractivity contribution in [2.75, 3.05) is 6.54 Å². The van der Waals surface area contributed by atoms with Crippen LogP contribution >= 0.6 is 0 Å². The zero-order chi connectivity index (χ0) is 13.1. The summed E-state index contributed by atoms with van der Waals surface area (Å²) < 4.78 is 0. The molecule has 0 aromatic carbocycles. The Bertz CT molecular complexity index is 163. The van der Waals surface area contributed by atoms with Gasteiger partial charge in [-0.25, -0.2) is 0 Å². The van der Waals surface area contributed by atoms with Crippen LogP contribution in [0.1, 0.15) is 58.3 Å². The summed E-state index contributed by atoms with van der Waals surface area (Å²) in [7, 11) is 0. The van der Waals surface area contributed by atoms with E-state index in [2.05, 4.69) is 6.92 Å². The third kappa shape index (κ3) is 10.7. The highest BCUT2D eigenvalue weighted by Gasteiger charge is 2.09. The van der Waals surface area contributed by atoms with E-state index >= 15 is 0 Å². The molecule has 3 unspecified atom stereocenters. The van der Waals surface area contributed by atoms with Crippen LogP contribution in [0.5, 0.6) is 0 Å². The second kappa shape index (κ2) is 11.0. The largest absolute Gasteiger partial charge is 0.330 e. The van der Waals surface area contributed by atoms with E-state index in [-0.39, 0.29) is 12.1 Å². The third-order valence-electron chi connectivity index (χ3n) is 3.26. The average molecular weight is 244 g/mol. The molecule has 0 aromatic rings. The first-order chi connectivity index (χ1) is 8.10. The molecule has 0 aliphatic rings. The van der Waals surface area contributed by atoms with Gasteiger partial charge in [0.15, 0.2) is 0 Å². The molecule has 0 saturated heterocycles. The van der Waals surface area contributed by atoms with Crippen LogP contribution in [0.25, 0.3) is 0 Å². The maximum absolute atomic E-state index is 6.06. The van der Waals surface area contributed by atoms with E-state index in [1.54, 1.807) is 0 Å². The van der Waals surface area contributed by atoms with Crippen LogP contribution in [0.4, 0.5) is 0 Å². The first-order valence-corrected chi connectivity index (χ1v) is 7.06. The Kier molecular flexibility index (Phi) is 10.9. The standard InChI is InChI=1S/C13H32N4/c1-2-4-11(15)6-8-13(17)9-7-12(16)5-3-10-14/h11-13H,2-10,14-17H2,1H3. The summed E-state index contributed by atoms with van der Waals surface area (Å²) in [5.41, 5.74) is 23.4. The molecular formula is C13H32N4. The number of nitrogens with two attached hydrogens (primary N) is 4. The summed E-state index contributed by atoms with van der Waals surface area (Å²) in [6.45, 7) is 2.89. The number of hydrogen-bond donors (Lipinski definition) is 4. The fourth-order valence-corrected chi connectivity index (χ4v) is 2.04. The van der Waals surface area contributed by atoms with E-state index < -0.39 is 0 Å². The topological polar surface area (TPSA) is 104 Å². The van der Waals surface area contributed by atoms with Crippen molar-refractivity contribution in [3.05, 3.63) is 0 Å². The zero-order valence-corrected chi connectivity index (χ0v) is 11.4. The molecule has 0 radical (unpaired) electrons. The van der Waals surface area contributed by atoms with Crippen molar-refractivity contribution in [3.8, 4) is 0 Å². The van der Waals surface area contributed by atoms with Gasteiger partial charge in [-0.3, -0.25) is 0 Å². The lowest BCUT2D eigenvalue weighted by Gasteiger charge is -2.17. The average Bonchev–Trinajstić information content (AvgIpc) is 2.31. The Hall–Kier alpha value is -0.160.